The van der Waals surface area contributed by atoms with E-state index in [4.69, 9.17) is 0 Å². The molecule has 0 unspecified atom stereocenters. The van der Waals surface area contributed by atoms with Gasteiger partial charge in [-0.3, -0.25) is 4.79 Å². The van der Waals surface area contributed by atoms with Crippen LogP contribution in [0, 0.1) is 0 Å². The minimum atomic E-state index is -0.0608. The second-order valence-electron chi connectivity index (χ2n) is 4.62. The summed E-state index contributed by atoms with van der Waals surface area (Å²) in [5.41, 5.74) is 2.51. The van der Waals surface area contributed by atoms with E-state index in [1.54, 1.807) is 24.1 Å². The number of rotatable bonds is 4. The van der Waals surface area contributed by atoms with Crippen molar-refractivity contribution in [2.75, 3.05) is 7.05 Å². The molecule has 2 rings (SSSR count). The lowest BCUT2D eigenvalue weighted by Crippen LogP contribution is -2.26. The SMILES string of the molecule is CN(Cc1ccccc1O)C(=O)c1ccc(CBr)cc1. The van der Waals surface area contributed by atoms with Crippen molar-refractivity contribution in [3.05, 3.63) is 65.2 Å². The fourth-order valence-electron chi connectivity index (χ4n) is 1.93. The van der Waals surface area contributed by atoms with Gasteiger partial charge in [-0.05, 0) is 23.8 Å². The van der Waals surface area contributed by atoms with E-state index >= 15 is 0 Å². The molecule has 2 aromatic carbocycles. The van der Waals surface area contributed by atoms with Gasteiger partial charge in [-0.2, -0.15) is 0 Å². The van der Waals surface area contributed by atoms with Crippen LogP contribution in [0.15, 0.2) is 48.5 Å². The molecule has 0 aromatic heterocycles. The Kier molecular flexibility index (Phi) is 4.79. The minimum absolute atomic E-state index is 0.0608. The lowest BCUT2D eigenvalue weighted by Gasteiger charge is -2.18. The molecule has 20 heavy (non-hydrogen) atoms. The highest BCUT2D eigenvalue weighted by Crippen LogP contribution is 2.18. The number of halogens is 1. The standard InChI is InChI=1S/C16H16BrNO2/c1-18(11-14-4-2-3-5-15(14)19)16(20)13-8-6-12(10-17)7-9-13/h2-9,19H,10-11H2,1H3. The summed E-state index contributed by atoms with van der Waals surface area (Å²) in [4.78, 5) is 13.9. The monoisotopic (exact) mass is 333 g/mol. The third kappa shape index (κ3) is 3.39. The molecule has 0 radical (unpaired) electrons. The van der Waals surface area contributed by atoms with Gasteiger partial charge < -0.3 is 10.0 Å². The van der Waals surface area contributed by atoms with Crippen LogP contribution in [0.4, 0.5) is 0 Å². The highest BCUT2D eigenvalue weighted by atomic mass is 79.9. The Morgan fingerprint density at radius 1 is 1.15 bits per heavy atom. The summed E-state index contributed by atoms with van der Waals surface area (Å²) in [6.07, 6.45) is 0. The van der Waals surface area contributed by atoms with Gasteiger partial charge in [0, 0.05) is 30.0 Å². The van der Waals surface area contributed by atoms with Crippen molar-refractivity contribution < 1.29 is 9.90 Å². The van der Waals surface area contributed by atoms with Crippen LogP contribution in [-0.4, -0.2) is 23.0 Å². The Labute approximate surface area is 127 Å². The second kappa shape index (κ2) is 6.57. The number of phenolic OH excluding ortho intramolecular Hbond substituents is 1. The molecule has 0 bridgehead atoms. The van der Waals surface area contributed by atoms with E-state index in [1.807, 2.05) is 36.4 Å². The van der Waals surface area contributed by atoms with E-state index in [-0.39, 0.29) is 11.7 Å². The van der Waals surface area contributed by atoms with Crippen molar-refractivity contribution in [1.29, 1.82) is 0 Å². The molecule has 0 aliphatic heterocycles. The van der Waals surface area contributed by atoms with Crippen LogP contribution in [0.5, 0.6) is 5.75 Å². The molecule has 3 nitrogen and oxygen atoms in total. The van der Waals surface area contributed by atoms with Gasteiger partial charge in [-0.25, -0.2) is 0 Å². The van der Waals surface area contributed by atoms with Gasteiger partial charge in [0.25, 0.3) is 5.91 Å². The molecule has 0 spiro atoms. The molecule has 0 heterocycles. The zero-order valence-corrected chi connectivity index (χ0v) is 12.8. The Hall–Kier alpha value is -1.81. The summed E-state index contributed by atoms with van der Waals surface area (Å²) in [5.74, 6) is 0.149. The fourth-order valence-corrected chi connectivity index (χ4v) is 2.30. The molecule has 0 fully saturated rings. The van der Waals surface area contributed by atoms with E-state index in [1.165, 1.54) is 0 Å². The van der Waals surface area contributed by atoms with Crippen LogP contribution in [-0.2, 0) is 11.9 Å². The molecular formula is C16H16BrNO2. The number of hydrogen-bond acceptors (Lipinski definition) is 2. The molecule has 0 aliphatic rings. The summed E-state index contributed by atoms with van der Waals surface area (Å²) in [6.45, 7) is 0.381. The minimum Gasteiger partial charge on any atom is -0.508 e. The molecule has 2 aromatic rings. The number of para-hydroxylation sites is 1. The average molecular weight is 334 g/mol. The highest BCUT2D eigenvalue weighted by Gasteiger charge is 2.13. The quantitative estimate of drug-likeness (QED) is 0.869. The van der Waals surface area contributed by atoms with Crippen LogP contribution in [0.1, 0.15) is 21.5 Å². The topological polar surface area (TPSA) is 40.5 Å². The maximum absolute atomic E-state index is 12.3. The lowest BCUT2D eigenvalue weighted by molar-refractivity contribution is 0.0784. The Bertz CT molecular complexity index is 596. The van der Waals surface area contributed by atoms with Gasteiger partial charge >= 0.3 is 0 Å². The third-order valence-corrected chi connectivity index (χ3v) is 3.75. The van der Waals surface area contributed by atoms with Crippen molar-refractivity contribution in [3.63, 3.8) is 0 Å². The number of phenols is 1. The Balaban J connectivity index is 2.10. The largest absolute Gasteiger partial charge is 0.508 e. The molecule has 0 saturated carbocycles. The van der Waals surface area contributed by atoms with Crippen molar-refractivity contribution >= 4 is 21.8 Å². The number of carbonyl (C=O) groups excluding carboxylic acids is 1. The number of nitrogens with zero attached hydrogens (tertiary/aromatic N) is 1. The first kappa shape index (κ1) is 14.6. The number of amides is 1. The molecule has 1 amide bonds. The molecule has 1 N–H and O–H groups in total. The van der Waals surface area contributed by atoms with E-state index in [0.717, 1.165) is 16.5 Å². The summed E-state index contributed by atoms with van der Waals surface area (Å²) in [7, 11) is 1.73. The summed E-state index contributed by atoms with van der Waals surface area (Å²) in [5, 5.41) is 10.5. The van der Waals surface area contributed by atoms with E-state index in [9.17, 15) is 9.90 Å². The van der Waals surface area contributed by atoms with E-state index in [0.29, 0.717) is 12.1 Å². The van der Waals surface area contributed by atoms with Crippen molar-refractivity contribution in [2.24, 2.45) is 0 Å². The zero-order valence-electron chi connectivity index (χ0n) is 11.2. The third-order valence-electron chi connectivity index (χ3n) is 3.10. The molecule has 0 aliphatic carbocycles. The predicted molar refractivity (Wildman–Crippen MR) is 83.0 cm³/mol. The first-order valence-corrected chi connectivity index (χ1v) is 7.41. The first-order chi connectivity index (χ1) is 9.61. The van der Waals surface area contributed by atoms with Gasteiger partial charge in [0.1, 0.15) is 5.75 Å². The zero-order chi connectivity index (χ0) is 14.5. The highest BCUT2D eigenvalue weighted by molar-refractivity contribution is 9.08. The number of benzene rings is 2. The lowest BCUT2D eigenvalue weighted by atomic mass is 10.1. The maximum atomic E-state index is 12.3. The van der Waals surface area contributed by atoms with Gasteiger partial charge in [0.2, 0.25) is 0 Å². The summed E-state index contributed by atoms with van der Waals surface area (Å²) >= 11 is 3.38. The van der Waals surface area contributed by atoms with E-state index < -0.39 is 0 Å². The molecule has 4 heteroatoms. The van der Waals surface area contributed by atoms with Crippen molar-refractivity contribution in [2.45, 2.75) is 11.9 Å². The number of carbonyl (C=O) groups is 1. The van der Waals surface area contributed by atoms with Gasteiger partial charge in [0.05, 0.1) is 0 Å². The van der Waals surface area contributed by atoms with Gasteiger partial charge in [-0.15, -0.1) is 0 Å². The van der Waals surface area contributed by atoms with Crippen LogP contribution < -0.4 is 0 Å². The number of alkyl halides is 1. The normalized spacial score (nSPS) is 10.3. The summed E-state index contributed by atoms with van der Waals surface area (Å²) < 4.78 is 0. The maximum Gasteiger partial charge on any atom is 0.253 e. The molecule has 0 saturated heterocycles. The predicted octanol–water partition coefficient (Wildman–Crippen LogP) is 3.56. The first-order valence-electron chi connectivity index (χ1n) is 6.29. The van der Waals surface area contributed by atoms with Gasteiger partial charge in [0.15, 0.2) is 0 Å². The summed E-state index contributed by atoms with van der Waals surface area (Å²) in [6, 6.07) is 14.5. The van der Waals surface area contributed by atoms with Crippen molar-refractivity contribution in [3.8, 4) is 5.75 Å². The van der Waals surface area contributed by atoms with E-state index in [2.05, 4.69) is 15.9 Å². The molecular weight excluding hydrogens is 318 g/mol. The number of hydrogen-bond donors (Lipinski definition) is 1. The van der Waals surface area contributed by atoms with Gasteiger partial charge in [-0.1, -0.05) is 46.3 Å². The fraction of sp³-hybridized carbons (Fsp3) is 0.188. The number of aromatic hydroxyl groups is 1. The van der Waals surface area contributed by atoms with Crippen LogP contribution in [0.25, 0.3) is 0 Å². The van der Waals surface area contributed by atoms with Crippen LogP contribution in [0.3, 0.4) is 0 Å². The molecule has 104 valence electrons. The Morgan fingerprint density at radius 2 is 1.80 bits per heavy atom. The van der Waals surface area contributed by atoms with Crippen LogP contribution in [0.2, 0.25) is 0 Å². The molecule has 0 atom stereocenters. The van der Waals surface area contributed by atoms with Crippen molar-refractivity contribution in [1.82, 2.24) is 4.90 Å². The smallest absolute Gasteiger partial charge is 0.253 e. The average Bonchev–Trinajstić information content (AvgIpc) is 2.49. The second-order valence-corrected chi connectivity index (χ2v) is 5.18. The Morgan fingerprint density at radius 3 is 2.40 bits per heavy atom. The van der Waals surface area contributed by atoms with Crippen LogP contribution >= 0.6 is 15.9 Å².